The maximum absolute atomic E-state index is 12.0. The molecule has 1 heterocycles. The molecule has 0 saturated heterocycles. The minimum absolute atomic E-state index is 0.0897. The van der Waals surface area contributed by atoms with Crippen LogP contribution in [0.1, 0.15) is 18.9 Å². The number of hydrogen-bond donors (Lipinski definition) is 1. The molecule has 2 aromatic rings. The SMILES string of the molecule is CCC(=O)Oc1ccc(-c2nc(SC)[nH]c(=O)c2C#N)cc1OC. The highest BCUT2D eigenvalue weighted by Gasteiger charge is 2.16. The maximum atomic E-state index is 12.0. The number of rotatable bonds is 5. The molecule has 0 aliphatic carbocycles. The van der Waals surface area contributed by atoms with Crippen molar-refractivity contribution < 1.29 is 14.3 Å². The topological polar surface area (TPSA) is 105 Å². The van der Waals surface area contributed by atoms with Crippen LogP contribution in [-0.2, 0) is 4.79 Å². The second kappa shape index (κ2) is 7.66. The lowest BCUT2D eigenvalue weighted by molar-refractivity contribution is -0.134. The fourth-order valence-electron chi connectivity index (χ4n) is 1.96. The molecule has 0 aliphatic rings. The van der Waals surface area contributed by atoms with Gasteiger partial charge in [-0.1, -0.05) is 18.7 Å². The summed E-state index contributed by atoms with van der Waals surface area (Å²) < 4.78 is 10.4. The third-order valence-electron chi connectivity index (χ3n) is 3.15. The zero-order chi connectivity index (χ0) is 17.7. The fourth-order valence-corrected chi connectivity index (χ4v) is 2.33. The summed E-state index contributed by atoms with van der Waals surface area (Å²) in [6.07, 6.45) is 2.00. The van der Waals surface area contributed by atoms with Crippen molar-refractivity contribution in [3.8, 4) is 28.8 Å². The standard InChI is InChI=1S/C16H15N3O4S/c1-4-13(20)23-11-6-5-9(7-12(11)22-2)14-10(8-17)15(21)19-16(18-14)24-3/h5-7H,4H2,1-3H3,(H,18,19,21). The summed E-state index contributed by atoms with van der Waals surface area (Å²) in [4.78, 5) is 30.3. The summed E-state index contributed by atoms with van der Waals surface area (Å²) in [7, 11) is 1.44. The summed E-state index contributed by atoms with van der Waals surface area (Å²) in [6, 6.07) is 6.60. The Morgan fingerprint density at radius 2 is 2.17 bits per heavy atom. The lowest BCUT2D eigenvalue weighted by Crippen LogP contribution is -2.14. The smallest absolute Gasteiger partial charge is 0.311 e. The van der Waals surface area contributed by atoms with Crippen LogP contribution >= 0.6 is 11.8 Å². The van der Waals surface area contributed by atoms with E-state index in [0.29, 0.717) is 16.5 Å². The van der Waals surface area contributed by atoms with Crippen molar-refractivity contribution in [3.05, 3.63) is 34.1 Å². The molecule has 1 aromatic carbocycles. The molecule has 0 saturated carbocycles. The average Bonchev–Trinajstić information content (AvgIpc) is 2.61. The van der Waals surface area contributed by atoms with Gasteiger partial charge in [0.15, 0.2) is 16.7 Å². The molecule has 2 rings (SSSR count). The van der Waals surface area contributed by atoms with Gasteiger partial charge in [0.25, 0.3) is 5.56 Å². The Bertz CT molecular complexity index is 871. The van der Waals surface area contributed by atoms with Gasteiger partial charge in [-0.15, -0.1) is 0 Å². The lowest BCUT2D eigenvalue weighted by atomic mass is 10.1. The summed E-state index contributed by atoms with van der Waals surface area (Å²) >= 11 is 1.26. The molecule has 0 atom stereocenters. The largest absolute Gasteiger partial charge is 0.493 e. The maximum Gasteiger partial charge on any atom is 0.311 e. The van der Waals surface area contributed by atoms with E-state index in [2.05, 4.69) is 9.97 Å². The van der Waals surface area contributed by atoms with Crippen molar-refractivity contribution in [2.24, 2.45) is 0 Å². The number of aromatic nitrogens is 2. The van der Waals surface area contributed by atoms with E-state index < -0.39 is 11.5 Å². The van der Waals surface area contributed by atoms with E-state index in [1.165, 1.54) is 18.9 Å². The molecule has 1 aromatic heterocycles. The Kier molecular flexibility index (Phi) is 5.60. The Morgan fingerprint density at radius 3 is 2.75 bits per heavy atom. The first-order chi connectivity index (χ1) is 11.5. The van der Waals surface area contributed by atoms with E-state index in [1.54, 1.807) is 31.4 Å². The van der Waals surface area contributed by atoms with Gasteiger partial charge in [0.2, 0.25) is 0 Å². The van der Waals surface area contributed by atoms with Gasteiger partial charge in [-0.2, -0.15) is 5.26 Å². The number of H-pyrrole nitrogens is 1. The van der Waals surface area contributed by atoms with Crippen LogP contribution in [0.3, 0.4) is 0 Å². The van der Waals surface area contributed by atoms with Crippen LogP contribution in [0, 0.1) is 11.3 Å². The van der Waals surface area contributed by atoms with E-state index >= 15 is 0 Å². The minimum atomic E-state index is -0.507. The van der Waals surface area contributed by atoms with Gasteiger partial charge in [-0.05, 0) is 24.5 Å². The van der Waals surface area contributed by atoms with Crippen LogP contribution in [0.5, 0.6) is 11.5 Å². The van der Waals surface area contributed by atoms with Crippen LogP contribution in [0.15, 0.2) is 28.2 Å². The predicted octanol–water partition coefficient (Wildman–Crippen LogP) is 2.35. The molecule has 0 bridgehead atoms. The zero-order valence-corrected chi connectivity index (χ0v) is 14.2. The molecular formula is C16H15N3O4S. The van der Waals surface area contributed by atoms with E-state index in [9.17, 15) is 14.9 Å². The first-order valence-electron chi connectivity index (χ1n) is 7.01. The van der Waals surface area contributed by atoms with Crippen molar-refractivity contribution in [1.29, 1.82) is 5.26 Å². The second-order valence-corrected chi connectivity index (χ2v) is 5.40. The van der Waals surface area contributed by atoms with Crippen LogP contribution < -0.4 is 15.0 Å². The minimum Gasteiger partial charge on any atom is -0.493 e. The number of methoxy groups -OCH3 is 1. The van der Waals surface area contributed by atoms with E-state index in [1.807, 2.05) is 6.07 Å². The summed E-state index contributed by atoms with van der Waals surface area (Å²) in [6.45, 7) is 1.69. The van der Waals surface area contributed by atoms with Crippen LogP contribution in [0.4, 0.5) is 0 Å². The Balaban J connectivity index is 2.58. The molecule has 24 heavy (non-hydrogen) atoms. The van der Waals surface area contributed by atoms with Crippen molar-refractivity contribution >= 4 is 17.7 Å². The third kappa shape index (κ3) is 3.58. The second-order valence-electron chi connectivity index (χ2n) is 4.60. The first-order valence-corrected chi connectivity index (χ1v) is 8.24. The molecule has 0 aliphatic heterocycles. The molecule has 0 amide bonds. The fraction of sp³-hybridized carbons (Fsp3) is 0.250. The molecule has 0 fully saturated rings. The number of esters is 1. The van der Waals surface area contributed by atoms with Crippen LogP contribution in [0.2, 0.25) is 0 Å². The van der Waals surface area contributed by atoms with Crippen molar-refractivity contribution in [3.63, 3.8) is 0 Å². The van der Waals surface area contributed by atoms with Crippen molar-refractivity contribution in [2.75, 3.05) is 13.4 Å². The Morgan fingerprint density at radius 1 is 1.42 bits per heavy atom. The molecule has 124 valence electrons. The highest BCUT2D eigenvalue weighted by atomic mass is 32.2. The van der Waals surface area contributed by atoms with Gasteiger partial charge in [-0.25, -0.2) is 4.98 Å². The van der Waals surface area contributed by atoms with Gasteiger partial charge in [-0.3, -0.25) is 9.59 Å². The normalized spacial score (nSPS) is 10.1. The summed E-state index contributed by atoms with van der Waals surface area (Å²) in [5, 5.41) is 9.64. The number of nitriles is 1. The number of hydrogen-bond acceptors (Lipinski definition) is 7. The van der Waals surface area contributed by atoms with Gasteiger partial charge in [0.05, 0.1) is 12.8 Å². The summed E-state index contributed by atoms with van der Waals surface area (Å²) in [5.41, 5.74) is 0.166. The van der Waals surface area contributed by atoms with E-state index in [-0.39, 0.29) is 23.4 Å². The van der Waals surface area contributed by atoms with Gasteiger partial charge in [0.1, 0.15) is 11.6 Å². The van der Waals surface area contributed by atoms with Crippen LogP contribution in [0.25, 0.3) is 11.3 Å². The van der Waals surface area contributed by atoms with Crippen molar-refractivity contribution in [2.45, 2.75) is 18.5 Å². The number of benzene rings is 1. The third-order valence-corrected chi connectivity index (χ3v) is 3.73. The number of carbonyl (C=O) groups excluding carboxylic acids is 1. The number of thioether (sulfide) groups is 1. The number of nitrogens with one attached hydrogen (secondary N) is 1. The predicted molar refractivity (Wildman–Crippen MR) is 89.3 cm³/mol. The zero-order valence-electron chi connectivity index (χ0n) is 13.4. The number of aromatic amines is 1. The molecule has 0 radical (unpaired) electrons. The van der Waals surface area contributed by atoms with Crippen molar-refractivity contribution in [1.82, 2.24) is 9.97 Å². The highest BCUT2D eigenvalue weighted by Crippen LogP contribution is 2.33. The van der Waals surface area contributed by atoms with Gasteiger partial charge < -0.3 is 14.5 Å². The van der Waals surface area contributed by atoms with Gasteiger partial charge >= 0.3 is 5.97 Å². The Hall–Kier alpha value is -2.79. The molecule has 1 N–H and O–H groups in total. The highest BCUT2D eigenvalue weighted by molar-refractivity contribution is 7.98. The Labute approximate surface area is 142 Å². The molecule has 0 unspecified atom stereocenters. The molecule has 8 heteroatoms. The van der Waals surface area contributed by atoms with Gasteiger partial charge in [0, 0.05) is 12.0 Å². The quantitative estimate of drug-likeness (QED) is 0.384. The average molecular weight is 345 g/mol. The molecular weight excluding hydrogens is 330 g/mol. The first kappa shape index (κ1) is 17.6. The number of ether oxygens (including phenoxy) is 2. The number of carbonyl (C=O) groups is 1. The van der Waals surface area contributed by atoms with E-state index in [4.69, 9.17) is 9.47 Å². The van der Waals surface area contributed by atoms with Crippen LogP contribution in [-0.4, -0.2) is 29.3 Å². The molecule has 7 nitrogen and oxygen atoms in total. The molecule has 0 spiro atoms. The number of nitrogens with zero attached hydrogens (tertiary/aromatic N) is 2. The van der Waals surface area contributed by atoms with E-state index in [0.717, 1.165) is 0 Å². The monoisotopic (exact) mass is 345 g/mol. The summed E-state index contributed by atoms with van der Waals surface area (Å²) in [5.74, 6) is 0.185. The lowest BCUT2D eigenvalue weighted by Gasteiger charge is -2.11.